The van der Waals surface area contributed by atoms with Crippen molar-refractivity contribution in [1.29, 1.82) is 0 Å². The maximum atomic E-state index is 12.4. The number of hydrogen-bond acceptors (Lipinski definition) is 2. The summed E-state index contributed by atoms with van der Waals surface area (Å²) in [7, 11) is -3.46. The summed E-state index contributed by atoms with van der Waals surface area (Å²) in [5.41, 5.74) is 0.226. The van der Waals surface area contributed by atoms with Crippen molar-refractivity contribution in [2.24, 2.45) is 5.41 Å². The van der Waals surface area contributed by atoms with Gasteiger partial charge in [0.05, 0.1) is 4.90 Å². The Balaban J connectivity index is 2.19. The van der Waals surface area contributed by atoms with Crippen molar-refractivity contribution in [3.8, 4) is 0 Å². The minimum Gasteiger partial charge on any atom is -0.208 e. The summed E-state index contributed by atoms with van der Waals surface area (Å²) < 4.78 is 29.0. The van der Waals surface area contributed by atoms with E-state index in [1.54, 1.807) is 18.2 Å². The fraction of sp³-hybridized carbons (Fsp3) is 0.538. The van der Waals surface area contributed by atoms with Crippen molar-refractivity contribution < 1.29 is 8.42 Å². The first-order valence-corrected chi connectivity index (χ1v) is 9.24. The van der Waals surface area contributed by atoms with E-state index in [1.165, 1.54) is 0 Å². The lowest BCUT2D eigenvalue weighted by Gasteiger charge is -2.18. The van der Waals surface area contributed by atoms with Gasteiger partial charge in [0.25, 0.3) is 0 Å². The summed E-state index contributed by atoms with van der Waals surface area (Å²) in [5, 5.41) is 0. The van der Waals surface area contributed by atoms with Gasteiger partial charge in [0.2, 0.25) is 10.0 Å². The van der Waals surface area contributed by atoms with E-state index in [4.69, 9.17) is 0 Å². The van der Waals surface area contributed by atoms with Crippen LogP contribution in [-0.2, 0) is 10.0 Å². The molecule has 0 saturated heterocycles. The molecule has 1 N–H and O–H groups in total. The SMILES string of the molecule is CC1(C)CCC(NS(=O)(=O)c2ccc(Br)cc2Br)C1. The van der Waals surface area contributed by atoms with Gasteiger partial charge in [-0.1, -0.05) is 29.8 Å². The van der Waals surface area contributed by atoms with E-state index in [2.05, 4.69) is 50.4 Å². The number of hydrogen-bond donors (Lipinski definition) is 1. The fourth-order valence-electron chi connectivity index (χ4n) is 2.51. The van der Waals surface area contributed by atoms with Gasteiger partial charge in [-0.05, 0) is 58.8 Å². The molecule has 0 heterocycles. The van der Waals surface area contributed by atoms with Gasteiger partial charge in [-0.15, -0.1) is 0 Å². The molecule has 0 radical (unpaired) electrons. The van der Waals surface area contributed by atoms with Crippen molar-refractivity contribution in [2.45, 2.75) is 44.0 Å². The second-order valence-corrected chi connectivity index (χ2v) is 9.25. The highest BCUT2D eigenvalue weighted by atomic mass is 79.9. The van der Waals surface area contributed by atoms with Crippen LogP contribution in [0, 0.1) is 5.41 Å². The van der Waals surface area contributed by atoms with E-state index in [0.29, 0.717) is 9.37 Å². The molecule has 0 aliphatic heterocycles. The first-order chi connectivity index (χ1) is 8.70. The molecule has 0 bridgehead atoms. The third-order valence-electron chi connectivity index (χ3n) is 3.47. The Hall–Kier alpha value is 0.0900. The van der Waals surface area contributed by atoms with Crippen molar-refractivity contribution >= 4 is 41.9 Å². The molecule has 0 spiro atoms. The van der Waals surface area contributed by atoms with Gasteiger partial charge in [-0.3, -0.25) is 0 Å². The van der Waals surface area contributed by atoms with Crippen LogP contribution in [0.15, 0.2) is 32.0 Å². The first kappa shape index (κ1) is 15.5. The molecule has 1 unspecified atom stereocenters. The van der Waals surface area contributed by atoms with Crippen molar-refractivity contribution in [3.63, 3.8) is 0 Å². The molecular weight excluding hydrogens is 394 g/mol. The Morgan fingerprint density at radius 1 is 1.32 bits per heavy atom. The number of halogens is 2. The number of sulfonamides is 1. The third-order valence-corrected chi connectivity index (χ3v) is 6.46. The number of benzene rings is 1. The molecule has 106 valence electrons. The lowest BCUT2D eigenvalue weighted by atomic mass is 9.92. The minimum atomic E-state index is -3.46. The van der Waals surface area contributed by atoms with Crippen LogP contribution < -0.4 is 4.72 Å². The molecule has 1 aliphatic carbocycles. The summed E-state index contributed by atoms with van der Waals surface area (Å²) in [5.74, 6) is 0. The van der Waals surface area contributed by atoms with E-state index in [9.17, 15) is 8.42 Å². The summed E-state index contributed by atoms with van der Waals surface area (Å²) in [6, 6.07) is 5.12. The Kier molecular flexibility index (Phi) is 4.45. The van der Waals surface area contributed by atoms with Gasteiger partial charge in [0.1, 0.15) is 0 Å². The predicted molar refractivity (Wildman–Crippen MR) is 83.6 cm³/mol. The van der Waals surface area contributed by atoms with Gasteiger partial charge in [-0.25, -0.2) is 13.1 Å². The smallest absolute Gasteiger partial charge is 0.208 e. The van der Waals surface area contributed by atoms with Gasteiger partial charge in [0.15, 0.2) is 0 Å². The molecular formula is C13H17Br2NO2S. The molecule has 3 nitrogen and oxygen atoms in total. The summed E-state index contributed by atoms with van der Waals surface area (Å²) in [4.78, 5) is 0.292. The Labute approximate surface area is 131 Å². The molecule has 2 rings (SSSR count). The van der Waals surface area contributed by atoms with Crippen molar-refractivity contribution in [3.05, 3.63) is 27.1 Å². The van der Waals surface area contributed by atoms with Gasteiger partial charge in [-0.2, -0.15) is 0 Å². The highest BCUT2D eigenvalue weighted by Crippen LogP contribution is 2.37. The van der Waals surface area contributed by atoms with E-state index < -0.39 is 10.0 Å². The quantitative estimate of drug-likeness (QED) is 0.816. The molecule has 19 heavy (non-hydrogen) atoms. The lowest BCUT2D eigenvalue weighted by Crippen LogP contribution is -2.33. The summed E-state index contributed by atoms with van der Waals surface area (Å²) in [6.45, 7) is 4.35. The Morgan fingerprint density at radius 3 is 2.53 bits per heavy atom. The first-order valence-electron chi connectivity index (χ1n) is 6.17. The maximum absolute atomic E-state index is 12.4. The molecule has 1 fully saturated rings. The van der Waals surface area contributed by atoms with Crippen molar-refractivity contribution in [1.82, 2.24) is 4.72 Å². The number of rotatable bonds is 3. The molecule has 1 aromatic carbocycles. The maximum Gasteiger partial charge on any atom is 0.241 e. The predicted octanol–water partition coefficient (Wildman–Crippen LogP) is 4.07. The summed E-state index contributed by atoms with van der Waals surface area (Å²) >= 11 is 6.63. The molecule has 1 aliphatic rings. The Morgan fingerprint density at radius 2 is 2.00 bits per heavy atom. The van der Waals surface area contributed by atoms with E-state index in [0.717, 1.165) is 23.7 Å². The normalized spacial score (nSPS) is 22.6. The van der Waals surface area contributed by atoms with Crippen LogP contribution in [0.2, 0.25) is 0 Å². The second kappa shape index (κ2) is 5.47. The molecule has 1 atom stereocenters. The zero-order valence-corrected chi connectivity index (χ0v) is 14.9. The third kappa shape index (κ3) is 3.80. The highest BCUT2D eigenvalue weighted by molar-refractivity contribution is 9.11. The van der Waals surface area contributed by atoms with Crippen LogP contribution >= 0.6 is 31.9 Å². The van der Waals surface area contributed by atoms with Crippen LogP contribution in [0.5, 0.6) is 0 Å². The fourth-order valence-corrected chi connectivity index (χ4v) is 5.53. The summed E-state index contributed by atoms with van der Waals surface area (Å²) in [6.07, 6.45) is 2.85. The lowest BCUT2D eigenvalue weighted by molar-refractivity contribution is 0.372. The largest absolute Gasteiger partial charge is 0.241 e. The molecule has 0 amide bonds. The van der Waals surface area contributed by atoms with E-state index >= 15 is 0 Å². The van der Waals surface area contributed by atoms with Gasteiger partial charge >= 0.3 is 0 Å². The second-order valence-electron chi connectivity index (χ2n) is 5.80. The zero-order chi connectivity index (χ0) is 14.3. The topological polar surface area (TPSA) is 46.2 Å². The van der Waals surface area contributed by atoms with Crippen LogP contribution in [0.25, 0.3) is 0 Å². The monoisotopic (exact) mass is 409 g/mol. The molecule has 1 saturated carbocycles. The van der Waals surface area contributed by atoms with Crippen molar-refractivity contribution in [2.75, 3.05) is 0 Å². The minimum absolute atomic E-state index is 0.0375. The molecule has 1 aromatic rings. The van der Waals surface area contributed by atoms with Gasteiger partial charge in [0, 0.05) is 15.0 Å². The van der Waals surface area contributed by atoms with E-state index in [-0.39, 0.29) is 11.5 Å². The standard InChI is InChI=1S/C13H17Br2NO2S/c1-13(2)6-5-10(8-13)16-19(17,18)12-4-3-9(14)7-11(12)15/h3-4,7,10,16H,5-6,8H2,1-2H3. The molecule has 6 heteroatoms. The highest BCUT2D eigenvalue weighted by Gasteiger charge is 2.33. The average molecular weight is 411 g/mol. The van der Waals surface area contributed by atoms with Gasteiger partial charge < -0.3 is 0 Å². The molecule has 0 aromatic heterocycles. The van der Waals surface area contributed by atoms with Crippen LogP contribution in [0.1, 0.15) is 33.1 Å². The van der Waals surface area contributed by atoms with Crippen LogP contribution in [0.4, 0.5) is 0 Å². The Bertz CT molecular complexity index is 584. The zero-order valence-electron chi connectivity index (χ0n) is 10.9. The van der Waals surface area contributed by atoms with E-state index in [1.807, 2.05) is 0 Å². The number of nitrogens with one attached hydrogen (secondary N) is 1. The van der Waals surface area contributed by atoms with Crippen LogP contribution in [-0.4, -0.2) is 14.5 Å². The van der Waals surface area contributed by atoms with Crippen LogP contribution in [0.3, 0.4) is 0 Å². The average Bonchev–Trinajstić information content (AvgIpc) is 2.56.